The fraction of sp³-hybridized carbons (Fsp3) is 0.250. The molecular weight excluding hydrogens is 341 g/mol. The highest BCUT2D eigenvalue weighted by atomic mass is 79.9. The van der Waals surface area contributed by atoms with Crippen LogP contribution in [0.3, 0.4) is 0 Å². The second kappa shape index (κ2) is 5.50. The highest BCUT2D eigenvalue weighted by Gasteiger charge is 2.33. The Balaban J connectivity index is 2.13. The minimum atomic E-state index is -4.36. The lowest BCUT2D eigenvalue weighted by molar-refractivity contribution is -0.138. The molecule has 2 nitrogen and oxygen atoms in total. The van der Waals surface area contributed by atoms with E-state index >= 15 is 0 Å². The first kappa shape index (κ1) is 14.3. The number of aromatic nitrogens is 1. The fourth-order valence-corrected chi connectivity index (χ4v) is 2.73. The van der Waals surface area contributed by atoms with E-state index in [2.05, 4.69) is 26.2 Å². The summed E-state index contributed by atoms with van der Waals surface area (Å²) in [6.07, 6.45) is -2.64. The zero-order chi connectivity index (χ0) is 14.0. The molecule has 102 valence electrons. The molecule has 1 heterocycles. The Morgan fingerprint density at radius 1 is 1.37 bits per heavy atom. The average molecular weight is 351 g/mol. The van der Waals surface area contributed by atoms with Crippen molar-refractivity contribution in [2.45, 2.75) is 19.6 Å². The predicted molar refractivity (Wildman–Crippen MR) is 73.3 cm³/mol. The lowest BCUT2D eigenvalue weighted by atomic mass is 10.2. The van der Waals surface area contributed by atoms with Gasteiger partial charge in [-0.1, -0.05) is 15.9 Å². The second-order valence-electron chi connectivity index (χ2n) is 3.89. The molecule has 0 aliphatic heterocycles. The van der Waals surface area contributed by atoms with Gasteiger partial charge in [-0.3, -0.25) is 0 Å². The molecule has 0 amide bonds. The maximum absolute atomic E-state index is 12.7. The highest BCUT2D eigenvalue weighted by molar-refractivity contribution is 9.10. The van der Waals surface area contributed by atoms with Gasteiger partial charge in [0.05, 0.1) is 17.1 Å². The molecule has 0 saturated carbocycles. The van der Waals surface area contributed by atoms with Crippen LogP contribution >= 0.6 is 27.3 Å². The van der Waals surface area contributed by atoms with Crippen molar-refractivity contribution in [1.82, 2.24) is 4.98 Å². The Morgan fingerprint density at radius 2 is 2.11 bits per heavy atom. The number of alkyl halides is 3. The third-order valence-electron chi connectivity index (χ3n) is 2.41. The fourth-order valence-electron chi connectivity index (χ4n) is 1.53. The molecule has 0 fully saturated rings. The molecule has 19 heavy (non-hydrogen) atoms. The SMILES string of the molecule is Cc1ncc(CNc2ccc(Br)c(C(F)(F)F)c2)s1. The molecule has 0 atom stereocenters. The van der Waals surface area contributed by atoms with Crippen molar-refractivity contribution in [2.75, 3.05) is 5.32 Å². The monoisotopic (exact) mass is 350 g/mol. The number of halogens is 4. The Kier molecular flexibility index (Phi) is 4.15. The van der Waals surface area contributed by atoms with E-state index in [9.17, 15) is 13.2 Å². The van der Waals surface area contributed by atoms with Gasteiger partial charge in [0.2, 0.25) is 0 Å². The van der Waals surface area contributed by atoms with Gasteiger partial charge in [-0.05, 0) is 25.1 Å². The van der Waals surface area contributed by atoms with Crippen LogP contribution in [-0.2, 0) is 12.7 Å². The number of nitrogens with one attached hydrogen (secondary N) is 1. The topological polar surface area (TPSA) is 24.9 Å². The molecule has 0 saturated heterocycles. The average Bonchev–Trinajstić information content (AvgIpc) is 2.72. The van der Waals surface area contributed by atoms with E-state index in [-0.39, 0.29) is 4.47 Å². The summed E-state index contributed by atoms with van der Waals surface area (Å²) in [7, 11) is 0. The van der Waals surface area contributed by atoms with Gasteiger partial charge in [-0.25, -0.2) is 4.98 Å². The largest absolute Gasteiger partial charge is 0.417 e. The lowest BCUT2D eigenvalue weighted by Crippen LogP contribution is -2.07. The molecule has 2 rings (SSSR count). The van der Waals surface area contributed by atoms with Crippen LogP contribution in [0.25, 0.3) is 0 Å². The van der Waals surface area contributed by atoms with Gasteiger partial charge in [0.25, 0.3) is 0 Å². The van der Waals surface area contributed by atoms with Crippen LogP contribution in [-0.4, -0.2) is 4.98 Å². The molecule has 7 heteroatoms. The third kappa shape index (κ3) is 3.70. The molecule has 0 aliphatic carbocycles. The molecule has 1 N–H and O–H groups in total. The first-order valence-electron chi connectivity index (χ1n) is 5.38. The lowest BCUT2D eigenvalue weighted by Gasteiger charge is -2.12. The first-order valence-corrected chi connectivity index (χ1v) is 6.99. The van der Waals surface area contributed by atoms with Gasteiger partial charge in [-0.2, -0.15) is 13.2 Å². The number of hydrogen-bond donors (Lipinski definition) is 1. The van der Waals surface area contributed by atoms with Crippen molar-refractivity contribution in [3.05, 3.63) is 44.3 Å². The summed E-state index contributed by atoms with van der Waals surface area (Å²) in [6, 6.07) is 4.09. The first-order chi connectivity index (χ1) is 8.86. The van der Waals surface area contributed by atoms with E-state index in [1.54, 1.807) is 12.3 Å². The molecular formula is C12H10BrF3N2S. The summed E-state index contributed by atoms with van der Waals surface area (Å²) in [5.74, 6) is 0. The highest BCUT2D eigenvalue weighted by Crippen LogP contribution is 2.36. The summed E-state index contributed by atoms with van der Waals surface area (Å²) in [5, 5.41) is 3.90. The normalized spacial score (nSPS) is 11.6. The van der Waals surface area contributed by atoms with Gasteiger partial charge in [0, 0.05) is 21.2 Å². The van der Waals surface area contributed by atoms with Crippen molar-refractivity contribution in [1.29, 1.82) is 0 Å². The number of nitrogens with zero attached hydrogens (tertiary/aromatic N) is 1. The Morgan fingerprint density at radius 3 is 2.68 bits per heavy atom. The summed E-state index contributed by atoms with van der Waals surface area (Å²) >= 11 is 4.42. The van der Waals surface area contributed by atoms with Crippen LogP contribution in [0, 0.1) is 6.92 Å². The van der Waals surface area contributed by atoms with Gasteiger partial charge < -0.3 is 5.32 Å². The van der Waals surface area contributed by atoms with E-state index in [0.29, 0.717) is 12.2 Å². The summed E-state index contributed by atoms with van der Waals surface area (Å²) in [5.41, 5.74) is -0.250. The van der Waals surface area contributed by atoms with E-state index in [4.69, 9.17) is 0 Å². The maximum Gasteiger partial charge on any atom is 0.417 e. The molecule has 0 bridgehead atoms. The summed E-state index contributed by atoms with van der Waals surface area (Å²) in [4.78, 5) is 5.07. The smallest absolute Gasteiger partial charge is 0.380 e. The minimum absolute atomic E-state index is 0.0409. The molecule has 0 aliphatic rings. The van der Waals surface area contributed by atoms with E-state index in [0.717, 1.165) is 16.0 Å². The van der Waals surface area contributed by atoms with Crippen LogP contribution in [0.1, 0.15) is 15.4 Å². The summed E-state index contributed by atoms with van der Waals surface area (Å²) in [6.45, 7) is 2.35. The molecule has 0 spiro atoms. The molecule has 0 radical (unpaired) electrons. The second-order valence-corrected chi connectivity index (χ2v) is 6.07. The van der Waals surface area contributed by atoms with Crippen LogP contribution in [0.4, 0.5) is 18.9 Å². The van der Waals surface area contributed by atoms with Crippen LogP contribution in [0.2, 0.25) is 0 Å². The van der Waals surface area contributed by atoms with Crippen molar-refractivity contribution in [3.8, 4) is 0 Å². The van der Waals surface area contributed by atoms with Crippen molar-refractivity contribution >= 4 is 33.0 Å². The number of thiazole rings is 1. The van der Waals surface area contributed by atoms with Gasteiger partial charge in [0.1, 0.15) is 0 Å². The van der Waals surface area contributed by atoms with Gasteiger partial charge in [0.15, 0.2) is 0 Å². The minimum Gasteiger partial charge on any atom is -0.380 e. The van der Waals surface area contributed by atoms with Crippen molar-refractivity contribution in [3.63, 3.8) is 0 Å². The molecule has 2 aromatic rings. The Bertz CT molecular complexity index is 581. The Hall–Kier alpha value is -1.08. The van der Waals surface area contributed by atoms with Crippen molar-refractivity contribution < 1.29 is 13.2 Å². The number of anilines is 1. The molecule has 0 unspecified atom stereocenters. The van der Waals surface area contributed by atoms with Crippen molar-refractivity contribution in [2.24, 2.45) is 0 Å². The Labute approximate surface area is 120 Å². The number of aryl methyl sites for hydroxylation is 1. The molecule has 1 aromatic carbocycles. The summed E-state index contributed by atoms with van der Waals surface area (Å²) < 4.78 is 38.2. The number of benzene rings is 1. The van der Waals surface area contributed by atoms with Crippen LogP contribution < -0.4 is 5.32 Å². The standard InChI is InChI=1S/C12H10BrF3N2S/c1-7-17-5-9(19-7)6-18-8-2-3-11(13)10(4-8)12(14,15)16/h2-5,18H,6H2,1H3. The molecule has 1 aromatic heterocycles. The van der Waals surface area contributed by atoms with Crippen LogP contribution in [0.5, 0.6) is 0 Å². The van der Waals surface area contributed by atoms with Gasteiger partial charge >= 0.3 is 6.18 Å². The predicted octanol–water partition coefficient (Wildman–Crippen LogP) is 4.84. The van der Waals surface area contributed by atoms with E-state index in [1.807, 2.05) is 6.92 Å². The zero-order valence-corrected chi connectivity index (χ0v) is 12.3. The maximum atomic E-state index is 12.7. The number of rotatable bonds is 3. The van der Waals surface area contributed by atoms with Crippen LogP contribution in [0.15, 0.2) is 28.9 Å². The van der Waals surface area contributed by atoms with E-state index in [1.165, 1.54) is 17.4 Å². The quantitative estimate of drug-likeness (QED) is 0.856. The van der Waals surface area contributed by atoms with E-state index < -0.39 is 11.7 Å². The van der Waals surface area contributed by atoms with Gasteiger partial charge in [-0.15, -0.1) is 11.3 Å². The zero-order valence-electron chi connectivity index (χ0n) is 9.88. The number of hydrogen-bond acceptors (Lipinski definition) is 3. The third-order valence-corrected chi connectivity index (χ3v) is 4.01.